The van der Waals surface area contributed by atoms with Crippen molar-refractivity contribution >= 4 is 52.7 Å². The van der Waals surface area contributed by atoms with Gasteiger partial charge in [0.25, 0.3) is 10.2 Å². The Labute approximate surface area is 244 Å². The van der Waals surface area contributed by atoms with E-state index in [9.17, 15) is 46.9 Å². The number of urea groups is 1. The second-order valence-electron chi connectivity index (χ2n) is 9.52. The summed E-state index contributed by atoms with van der Waals surface area (Å²) in [6.07, 6.45) is -0.0689. The summed E-state index contributed by atoms with van der Waals surface area (Å²) >= 11 is 0. The first-order valence-corrected chi connectivity index (χ1v) is 14.2. The fourth-order valence-electron chi connectivity index (χ4n) is 4.61. The summed E-state index contributed by atoms with van der Waals surface area (Å²) in [5, 5.41) is 29.9. The van der Waals surface area contributed by atoms with Crippen molar-refractivity contribution in [3.8, 4) is 5.75 Å². The molecule has 5 amide bonds. The van der Waals surface area contributed by atoms with E-state index in [1.54, 1.807) is 6.07 Å². The number of hydrogen-bond donors (Lipinski definition) is 6. The number of carbonyl (C=O) groups excluding carboxylic acids is 4. The fourth-order valence-corrected chi connectivity index (χ4v) is 5.07. The molecule has 43 heavy (non-hydrogen) atoms. The van der Waals surface area contributed by atoms with Gasteiger partial charge >= 0.3 is 30.9 Å². The van der Waals surface area contributed by atoms with E-state index in [1.165, 1.54) is 36.4 Å². The maximum atomic E-state index is 13.6. The second kappa shape index (κ2) is 12.6. The summed E-state index contributed by atoms with van der Waals surface area (Å²) in [5.41, 5.74) is 0.102. The number of para-hydroxylation sites is 1. The molecule has 2 aromatic rings. The van der Waals surface area contributed by atoms with E-state index in [0.717, 1.165) is 4.90 Å². The number of nitrogens with two attached hydrogens (primary N) is 1. The lowest BCUT2D eigenvalue weighted by Gasteiger charge is -2.33. The summed E-state index contributed by atoms with van der Waals surface area (Å²) in [7, 11) is -5.92. The van der Waals surface area contributed by atoms with Gasteiger partial charge in [-0.25, -0.2) is 19.1 Å². The average Bonchev–Trinajstić information content (AvgIpc) is 2.93. The van der Waals surface area contributed by atoms with Crippen molar-refractivity contribution in [2.24, 2.45) is 5.14 Å². The molecule has 0 aliphatic carbocycles. The molecule has 4 rings (SSSR count). The number of imide groups is 1. The molecule has 7 N–H and O–H groups in total. The smallest absolute Gasteiger partial charge is 0.534 e. The predicted octanol–water partition coefficient (Wildman–Crippen LogP) is -1.47. The number of fused-ring (bicyclic) bond motifs is 1. The molecule has 0 bridgehead atoms. The third kappa shape index (κ3) is 7.19. The number of benzene rings is 2. The van der Waals surface area contributed by atoms with Gasteiger partial charge in [0.05, 0.1) is 17.2 Å². The molecule has 16 nitrogen and oxygen atoms in total. The summed E-state index contributed by atoms with van der Waals surface area (Å²) in [6.45, 7) is -1.67. The third-order valence-electron chi connectivity index (χ3n) is 6.60. The number of anilines is 1. The molecule has 2 aliphatic heterocycles. The number of carboxylic acids is 1. The van der Waals surface area contributed by atoms with Gasteiger partial charge in [-0.15, -0.1) is 0 Å². The quantitative estimate of drug-likeness (QED) is 0.141. The van der Waals surface area contributed by atoms with Crippen LogP contribution in [0.2, 0.25) is 0 Å². The molecule has 2 atom stereocenters. The van der Waals surface area contributed by atoms with Crippen molar-refractivity contribution < 1.29 is 51.6 Å². The number of amides is 5. The predicted molar refractivity (Wildman–Crippen MR) is 146 cm³/mol. The first kappa shape index (κ1) is 31.2. The van der Waals surface area contributed by atoms with Crippen molar-refractivity contribution in [2.45, 2.75) is 18.4 Å². The molecule has 2 aliphatic rings. The van der Waals surface area contributed by atoms with Gasteiger partial charge in [0, 0.05) is 19.6 Å². The minimum absolute atomic E-state index is 0.00845. The Morgan fingerprint density at radius 3 is 2.53 bits per heavy atom. The zero-order valence-corrected chi connectivity index (χ0v) is 23.0. The van der Waals surface area contributed by atoms with Crippen LogP contribution in [0.25, 0.3) is 0 Å². The number of halogens is 1. The van der Waals surface area contributed by atoms with Crippen LogP contribution in [-0.4, -0.2) is 97.4 Å². The Kier molecular flexibility index (Phi) is 9.17. The first-order valence-electron chi connectivity index (χ1n) is 12.7. The molecule has 1 fully saturated rings. The lowest BCUT2D eigenvalue weighted by atomic mass is 9.72. The highest BCUT2D eigenvalue weighted by Crippen LogP contribution is 2.30. The molecule has 19 heteroatoms. The minimum atomic E-state index is -4.22. The molecular formula is C24H26BFN6O10S. The number of aromatic carboxylic acids is 1. The molecule has 0 saturated carbocycles. The van der Waals surface area contributed by atoms with Gasteiger partial charge in [-0.2, -0.15) is 8.42 Å². The summed E-state index contributed by atoms with van der Waals surface area (Å²) in [5.74, 6) is -5.80. The van der Waals surface area contributed by atoms with E-state index >= 15 is 0 Å². The molecule has 1 unspecified atom stereocenters. The summed E-state index contributed by atoms with van der Waals surface area (Å²) < 4.78 is 43.2. The number of nitrogens with one attached hydrogen (secondary N) is 3. The van der Waals surface area contributed by atoms with Crippen LogP contribution in [0, 0.1) is 0 Å². The van der Waals surface area contributed by atoms with Crippen molar-refractivity contribution in [1.29, 1.82) is 0 Å². The Balaban J connectivity index is 1.60. The van der Waals surface area contributed by atoms with E-state index in [-0.39, 0.29) is 48.6 Å². The molecule has 228 valence electrons. The van der Waals surface area contributed by atoms with Gasteiger partial charge in [0.2, 0.25) is 5.91 Å². The van der Waals surface area contributed by atoms with Crippen LogP contribution in [0.4, 0.5) is 14.9 Å². The number of carbonyl (C=O) groups is 5. The topological polar surface area (TPSA) is 238 Å². The second-order valence-corrected chi connectivity index (χ2v) is 10.8. The zero-order chi connectivity index (χ0) is 31.5. The number of piperazine rings is 1. The van der Waals surface area contributed by atoms with E-state index in [0.29, 0.717) is 10.5 Å². The van der Waals surface area contributed by atoms with Gasteiger partial charge in [0.15, 0.2) is 0 Å². The van der Waals surface area contributed by atoms with Crippen LogP contribution < -0.4 is 25.1 Å². The Morgan fingerprint density at radius 1 is 1.14 bits per heavy atom. The summed E-state index contributed by atoms with van der Waals surface area (Å²) in [4.78, 5) is 64.6. The van der Waals surface area contributed by atoms with Gasteiger partial charge < -0.3 is 30.3 Å². The lowest BCUT2D eigenvalue weighted by molar-refractivity contribution is -0.153. The number of alkyl halides is 1. The van der Waals surface area contributed by atoms with Gasteiger partial charge in [-0.3, -0.25) is 24.0 Å². The largest absolute Gasteiger partial charge is 0.547 e. The van der Waals surface area contributed by atoms with E-state index < -0.39 is 65.7 Å². The van der Waals surface area contributed by atoms with Gasteiger partial charge in [0.1, 0.15) is 18.5 Å². The fraction of sp³-hybridized carbons (Fsp3) is 0.292. The third-order valence-corrected chi connectivity index (χ3v) is 7.12. The molecule has 1 saturated heterocycles. The normalized spacial score (nSPS) is 17.5. The van der Waals surface area contributed by atoms with Crippen LogP contribution >= 0.6 is 0 Å². The van der Waals surface area contributed by atoms with Crippen LogP contribution in [0.5, 0.6) is 5.75 Å². The Bertz CT molecular complexity index is 1580. The van der Waals surface area contributed by atoms with Crippen LogP contribution in [0.15, 0.2) is 42.5 Å². The van der Waals surface area contributed by atoms with Crippen LogP contribution in [-0.2, 0) is 31.0 Å². The van der Waals surface area contributed by atoms with Gasteiger partial charge in [-0.1, -0.05) is 24.3 Å². The monoisotopic (exact) mass is 620 g/mol. The first-order chi connectivity index (χ1) is 20.3. The highest BCUT2D eigenvalue weighted by atomic mass is 32.2. The minimum Gasteiger partial charge on any atom is -0.534 e. The lowest BCUT2D eigenvalue weighted by Crippen LogP contribution is -2.60. The van der Waals surface area contributed by atoms with Crippen molar-refractivity contribution in [3.63, 3.8) is 0 Å². The number of carboxylic acid groups (broad SMARTS) is 1. The number of rotatable bonds is 9. The van der Waals surface area contributed by atoms with Crippen molar-refractivity contribution in [3.05, 3.63) is 59.2 Å². The van der Waals surface area contributed by atoms with E-state index in [4.69, 9.17) is 9.79 Å². The molecule has 2 heterocycles. The average molecular weight is 620 g/mol. The SMILES string of the molecule is NS(=O)(=O)Nc1cccc(C(NC(=O)N2CCN(CCF)C(=O)C2=O)C(=O)N[C@H]2Cc3cccc(C(=O)O)c3OB2O)c1. The van der Waals surface area contributed by atoms with Crippen molar-refractivity contribution in [1.82, 2.24) is 20.4 Å². The van der Waals surface area contributed by atoms with Gasteiger partial charge in [-0.05, 0) is 35.7 Å². The molecular weight excluding hydrogens is 594 g/mol. The molecule has 0 radical (unpaired) electrons. The Morgan fingerprint density at radius 2 is 1.86 bits per heavy atom. The van der Waals surface area contributed by atoms with Crippen LogP contribution in [0.3, 0.4) is 0 Å². The maximum Gasteiger partial charge on any atom is 0.547 e. The number of nitrogens with zero attached hydrogens (tertiary/aromatic N) is 2. The standard InChI is InChI=1S/C24H26BFN6O10S/c26-7-8-31-9-10-32(22(35)21(31)34)24(38)29-18(13-3-1-5-15(11-13)30-43(27,40)41)20(33)28-17-12-14-4-2-6-16(23(36)37)19(14)42-25(17)39/h1-6,11,17-18,30,39H,7-10,12H2,(H,28,33)(H,29,38)(H,36,37)(H2,27,40,41)/t17-,18?/m0/s1. The Hall–Kier alpha value is -4.75. The zero-order valence-electron chi connectivity index (χ0n) is 22.2. The maximum absolute atomic E-state index is 13.6. The highest BCUT2D eigenvalue weighted by Gasteiger charge is 2.41. The molecule has 0 aromatic heterocycles. The van der Waals surface area contributed by atoms with E-state index in [2.05, 4.69) is 10.6 Å². The van der Waals surface area contributed by atoms with Crippen LogP contribution in [0.1, 0.15) is 27.5 Å². The van der Waals surface area contributed by atoms with E-state index in [1.807, 2.05) is 4.72 Å². The molecule has 0 spiro atoms. The van der Waals surface area contributed by atoms with Crippen molar-refractivity contribution in [2.75, 3.05) is 31.0 Å². The highest BCUT2D eigenvalue weighted by molar-refractivity contribution is 7.90. The number of hydrogen-bond acceptors (Lipinski definition) is 9. The molecule has 2 aromatic carbocycles. The summed E-state index contributed by atoms with van der Waals surface area (Å²) in [6, 6.07) is 6.70.